The van der Waals surface area contributed by atoms with Gasteiger partial charge in [-0.2, -0.15) is 0 Å². The molecule has 0 unspecified atom stereocenters. The maximum absolute atomic E-state index is 13.1. The SMILES string of the molecule is CCOc1cc(C(N)=S)ccc1OCc1cccc(F)c1. The van der Waals surface area contributed by atoms with Crippen LogP contribution in [0, 0.1) is 5.82 Å². The first-order chi connectivity index (χ1) is 10.1. The van der Waals surface area contributed by atoms with Crippen LogP contribution in [0.4, 0.5) is 4.39 Å². The molecule has 0 aliphatic rings. The fraction of sp³-hybridized carbons (Fsp3) is 0.188. The molecule has 5 heteroatoms. The Morgan fingerprint density at radius 1 is 1.14 bits per heavy atom. The van der Waals surface area contributed by atoms with Crippen LogP contribution in [0.25, 0.3) is 0 Å². The van der Waals surface area contributed by atoms with E-state index in [4.69, 9.17) is 27.4 Å². The monoisotopic (exact) mass is 305 g/mol. The molecule has 0 saturated carbocycles. The lowest BCUT2D eigenvalue weighted by Crippen LogP contribution is -2.10. The summed E-state index contributed by atoms with van der Waals surface area (Å²) in [6, 6.07) is 11.5. The maximum atomic E-state index is 13.1. The molecule has 0 aromatic heterocycles. The van der Waals surface area contributed by atoms with Crippen LogP contribution in [0.5, 0.6) is 11.5 Å². The van der Waals surface area contributed by atoms with E-state index < -0.39 is 0 Å². The number of halogens is 1. The maximum Gasteiger partial charge on any atom is 0.161 e. The second kappa shape index (κ2) is 7.04. The fourth-order valence-corrected chi connectivity index (χ4v) is 1.96. The number of hydrogen-bond acceptors (Lipinski definition) is 3. The van der Waals surface area contributed by atoms with Gasteiger partial charge in [0, 0.05) is 5.56 Å². The molecule has 3 nitrogen and oxygen atoms in total. The molecule has 0 bridgehead atoms. The second-order valence-electron chi connectivity index (χ2n) is 4.38. The molecule has 21 heavy (non-hydrogen) atoms. The Balaban J connectivity index is 2.16. The molecular formula is C16H16FNO2S. The van der Waals surface area contributed by atoms with E-state index in [0.29, 0.717) is 28.7 Å². The van der Waals surface area contributed by atoms with Crippen molar-refractivity contribution in [2.75, 3.05) is 6.61 Å². The molecule has 0 radical (unpaired) electrons. The van der Waals surface area contributed by atoms with Crippen LogP contribution in [0.3, 0.4) is 0 Å². The molecule has 2 rings (SSSR count). The molecular weight excluding hydrogens is 289 g/mol. The minimum Gasteiger partial charge on any atom is -0.490 e. The number of rotatable bonds is 6. The first-order valence-electron chi connectivity index (χ1n) is 6.54. The lowest BCUT2D eigenvalue weighted by Gasteiger charge is -2.13. The molecule has 2 N–H and O–H groups in total. The van der Waals surface area contributed by atoms with Gasteiger partial charge in [-0.3, -0.25) is 0 Å². The van der Waals surface area contributed by atoms with Gasteiger partial charge in [-0.1, -0.05) is 24.4 Å². The van der Waals surface area contributed by atoms with E-state index in [1.807, 2.05) is 6.92 Å². The van der Waals surface area contributed by atoms with E-state index >= 15 is 0 Å². The van der Waals surface area contributed by atoms with Crippen LogP contribution in [0.2, 0.25) is 0 Å². The summed E-state index contributed by atoms with van der Waals surface area (Å²) in [5, 5.41) is 0. The van der Waals surface area contributed by atoms with E-state index in [9.17, 15) is 4.39 Å². The van der Waals surface area contributed by atoms with Crippen LogP contribution in [0.1, 0.15) is 18.1 Å². The molecule has 2 aromatic rings. The molecule has 0 amide bonds. The zero-order valence-corrected chi connectivity index (χ0v) is 12.5. The average molecular weight is 305 g/mol. The summed E-state index contributed by atoms with van der Waals surface area (Å²) in [4.78, 5) is 0.299. The Kier molecular flexibility index (Phi) is 5.11. The Labute approximate surface area is 128 Å². The third-order valence-corrected chi connectivity index (χ3v) is 3.05. The third kappa shape index (κ3) is 4.16. The zero-order chi connectivity index (χ0) is 15.2. The predicted molar refractivity (Wildman–Crippen MR) is 84.2 cm³/mol. The van der Waals surface area contributed by atoms with Gasteiger partial charge in [0.1, 0.15) is 17.4 Å². The minimum atomic E-state index is -0.287. The number of thiocarbonyl (C=S) groups is 1. The third-order valence-electron chi connectivity index (χ3n) is 2.81. The van der Waals surface area contributed by atoms with Crippen molar-refractivity contribution in [3.63, 3.8) is 0 Å². The Morgan fingerprint density at radius 3 is 2.62 bits per heavy atom. The number of hydrogen-bond donors (Lipinski definition) is 1. The Bertz CT molecular complexity index is 646. The van der Waals surface area contributed by atoms with Crippen LogP contribution in [-0.2, 0) is 6.61 Å². The van der Waals surface area contributed by atoms with E-state index in [-0.39, 0.29) is 12.4 Å². The highest BCUT2D eigenvalue weighted by Crippen LogP contribution is 2.29. The summed E-state index contributed by atoms with van der Waals surface area (Å²) in [6.45, 7) is 2.63. The zero-order valence-electron chi connectivity index (χ0n) is 11.6. The summed E-state index contributed by atoms with van der Waals surface area (Å²) in [5.41, 5.74) is 7.06. The van der Waals surface area contributed by atoms with Gasteiger partial charge in [0.25, 0.3) is 0 Å². The van der Waals surface area contributed by atoms with Crippen molar-refractivity contribution in [2.45, 2.75) is 13.5 Å². The summed E-state index contributed by atoms with van der Waals surface area (Å²) in [7, 11) is 0. The highest BCUT2D eigenvalue weighted by molar-refractivity contribution is 7.80. The van der Waals surface area contributed by atoms with E-state index in [0.717, 1.165) is 5.56 Å². The van der Waals surface area contributed by atoms with Crippen molar-refractivity contribution >= 4 is 17.2 Å². The van der Waals surface area contributed by atoms with Crippen molar-refractivity contribution in [3.8, 4) is 11.5 Å². The van der Waals surface area contributed by atoms with E-state index in [2.05, 4.69) is 0 Å². The van der Waals surface area contributed by atoms with E-state index in [1.54, 1.807) is 30.3 Å². The lowest BCUT2D eigenvalue weighted by molar-refractivity contribution is 0.269. The molecule has 0 aliphatic carbocycles. The summed E-state index contributed by atoms with van der Waals surface area (Å²) in [6.07, 6.45) is 0. The largest absolute Gasteiger partial charge is 0.490 e. The van der Waals surface area contributed by atoms with Crippen molar-refractivity contribution < 1.29 is 13.9 Å². The average Bonchev–Trinajstić information content (AvgIpc) is 2.46. The smallest absolute Gasteiger partial charge is 0.161 e. The van der Waals surface area contributed by atoms with Crippen molar-refractivity contribution in [2.24, 2.45) is 5.73 Å². The van der Waals surface area contributed by atoms with Crippen molar-refractivity contribution in [1.29, 1.82) is 0 Å². The van der Waals surface area contributed by atoms with Gasteiger partial charge in [-0.15, -0.1) is 0 Å². The van der Waals surface area contributed by atoms with Gasteiger partial charge in [-0.05, 0) is 42.8 Å². The predicted octanol–water partition coefficient (Wildman–Crippen LogP) is 3.44. The van der Waals surface area contributed by atoms with Crippen LogP contribution in [-0.4, -0.2) is 11.6 Å². The quantitative estimate of drug-likeness (QED) is 0.830. The van der Waals surface area contributed by atoms with Gasteiger partial charge >= 0.3 is 0 Å². The molecule has 0 saturated heterocycles. The van der Waals surface area contributed by atoms with Crippen LogP contribution < -0.4 is 15.2 Å². The molecule has 2 aromatic carbocycles. The van der Waals surface area contributed by atoms with Gasteiger partial charge in [-0.25, -0.2) is 4.39 Å². The highest BCUT2D eigenvalue weighted by atomic mass is 32.1. The van der Waals surface area contributed by atoms with Crippen molar-refractivity contribution in [1.82, 2.24) is 0 Å². The standard InChI is InChI=1S/C16H16FNO2S/c1-2-19-15-9-12(16(18)21)6-7-14(15)20-10-11-4-3-5-13(17)8-11/h3-9H,2,10H2,1H3,(H2,18,21). The number of ether oxygens (including phenoxy) is 2. The molecule has 0 atom stereocenters. The Morgan fingerprint density at radius 2 is 1.95 bits per heavy atom. The number of nitrogens with two attached hydrogens (primary N) is 1. The molecule has 0 aliphatic heterocycles. The first-order valence-corrected chi connectivity index (χ1v) is 6.95. The van der Waals surface area contributed by atoms with Gasteiger partial charge in [0.2, 0.25) is 0 Å². The van der Waals surface area contributed by atoms with Gasteiger partial charge in [0.15, 0.2) is 11.5 Å². The molecule has 110 valence electrons. The summed E-state index contributed by atoms with van der Waals surface area (Å²) < 4.78 is 24.3. The first kappa shape index (κ1) is 15.3. The van der Waals surface area contributed by atoms with Crippen molar-refractivity contribution in [3.05, 3.63) is 59.4 Å². The molecule has 0 heterocycles. The van der Waals surface area contributed by atoms with Gasteiger partial charge in [0.05, 0.1) is 6.61 Å². The summed E-state index contributed by atoms with van der Waals surface area (Å²) in [5.74, 6) is 0.852. The fourth-order valence-electron chi connectivity index (χ4n) is 1.84. The van der Waals surface area contributed by atoms with E-state index in [1.165, 1.54) is 12.1 Å². The lowest BCUT2D eigenvalue weighted by atomic mass is 10.2. The highest BCUT2D eigenvalue weighted by Gasteiger charge is 2.08. The minimum absolute atomic E-state index is 0.254. The number of benzene rings is 2. The van der Waals surface area contributed by atoms with Crippen LogP contribution in [0.15, 0.2) is 42.5 Å². The topological polar surface area (TPSA) is 44.5 Å². The van der Waals surface area contributed by atoms with Gasteiger partial charge < -0.3 is 15.2 Å². The molecule has 0 spiro atoms. The molecule has 0 fully saturated rings. The second-order valence-corrected chi connectivity index (χ2v) is 4.82. The normalized spacial score (nSPS) is 10.2. The van der Waals surface area contributed by atoms with Crippen LogP contribution >= 0.6 is 12.2 Å². The summed E-state index contributed by atoms with van der Waals surface area (Å²) >= 11 is 4.94. The Hall–Kier alpha value is -2.14.